The maximum Gasteiger partial charge on any atom is 0.339 e. The van der Waals surface area contributed by atoms with Gasteiger partial charge >= 0.3 is 22.1 Å². The number of imide groups is 2. The topological polar surface area (TPSA) is 147 Å². The summed E-state index contributed by atoms with van der Waals surface area (Å²) >= 11 is 0. The van der Waals surface area contributed by atoms with Crippen molar-refractivity contribution in [3.8, 4) is 5.75 Å². The highest BCUT2D eigenvalue weighted by atomic mass is 32.2. The summed E-state index contributed by atoms with van der Waals surface area (Å²) < 4.78 is 31.7. The van der Waals surface area contributed by atoms with Crippen LogP contribution in [0, 0.1) is 6.92 Å². The molecule has 10 nitrogen and oxygen atoms in total. The number of carboxylic acids is 1. The van der Waals surface area contributed by atoms with E-state index >= 15 is 0 Å². The Morgan fingerprint density at radius 3 is 2.25 bits per heavy atom. The van der Waals surface area contributed by atoms with Crippen molar-refractivity contribution in [2.45, 2.75) is 11.8 Å². The quantitative estimate of drug-likeness (QED) is 0.203. The molecule has 11 heteroatoms. The summed E-state index contributed by atoms with van der Waals surface area (Å²) in [6, 6.07) is 19.9. The number of carboxylic acid groups (broad SMARTS) is 1. The van der Waals surface area contributed by atoms with Crippen LogP contribution in [0.2, 0.25) is 0 Å². The minimum atomic E-state index is -4.29. The van der Waals surface area contributed by atoms with E-state index in [1.54, 1.807) is 42.5 Å². The van der Waals surface area contributed by atoms with Crippen LogP contribution in [-0.2, 0) is 19.7 Å². The maximum atomic E-state index is 13.5. The van der Waals surface area contributed by atoms with E-state index in [0.29, 0.717) is 15.7 Å². The van der Waals surface area contributed by atoms with E-state index in [1.165, 1.54) is 48.5 Å². The highest BCUT2D eigenvalue weighted by molar-refractivity contribution is 7.87. The second kappa shape index (κ2) is 10.1. The number of urea groups is 1. The fraction of sp³-hybridized carbons (Fsp3) is 0.0345. The van der Waals surface area contributed by atoms with Gasteiger partial charge in [-0.05, 0) is 66.2 Å². The molecule has 4 amide bonds. The molecule has 0 unspecified atom stereocenters. The van der Waals surface area contributed by atoms with Gasteiger partial charge in [-0.1, -0.05) is 48.0 Å². The number of nitrogens with zero attached hydrogens (tertiary/aromatic N) is 1. The summed E-state index contributed by atoms with van der Waals surface area (Å²) in [7, 11) is -4.29. The molecule has 0 radical (unpaired) electrons. The lowest BCUT2D eigenvalue weighted by Gasteiger charge is -2.26. The van der Waals surface area contributed by atoms with Crippen LogP contribution in [0.4, 0.5) is 10.5 Å². The Kier molecular flexibility index (Phi) is 6.66. The molecular formula is C29H20N2O8S. The molecule has 0 atom stereocenters. The Labute approximate surface area is 228 Å². The number of amides is 4. The van der Waals surface area contributed by atoms with E-state index in [2.05, 4.69) is 5.32 Å². The zero-order chi connectivity index (χ0) is 28.6. The number of anilines is 1. The molecule has 0 bridgehead atoms. The second-order valence-corrected chi connectivity index (χ2v) is 10.4. The molecule has 0 aromatic heterocycles. The first-order valence-corrected chi connectivity index (χ1v) is 13.2. The minimum Gasteiger partial charge on any atom is -0.478 e. The van der Waals surface area contributed by atoms with Gasteiger partial charge in [0, 0.05) is 5.56 Å². The molecule has 1 aliphatic heterocycles. The van der Waals surface area contributed by atoms with Crippen LogP contribution in [0.1, 0.15) is 21.5 Å². The molecule has 40 heavy (non-hydrogen) atoms. The van der Waals surface area contributed by atoms with Crippen LogP contribution in [-0.4, -0.2) is 37.3 Å². The van der Waals surface area contributed by atoms with E-state index in [4.69, 9.17) is 9.29 Å². The fourth-order valence-corrected chi connectivity index (χ4v) is 5.11. The number of fused-ring (bicyclic) bond motifs is 1. The average Bonchev–Trinajstić information content (AvgIpc) is 2.92. The summed E-state index contributed by atoms with van der Waals surface area (Å²) in [6.07, 6.45) is 1.17. The van der Waals surface area contributed by atoms with Crippen LogP contribution in [0.5, 0.6) is 5.75 Å². The van der Waals surface area contributed by atoms with Gasteiger partial charge in [-0.3, -0.25) is 14.9 Å². The molecular weight excluding hydrogens is 536 g/mol. The molecule has 2 N–H and O–H groups in total. The molecule has 1 fully saturated rings. The lowest BCUT2D eigenvalue weighted by molar-refractivity contribution is -0.122. The maximum absolute atomic E-state index is 13.5. The Balaban J connectivity index is 1.62. The van der Waals surface area contributed by atoms with E-state index < -0.39 is 39.5 Å². The van der Waals surface area contributed by atoms with E-state index in [-0.39, 0.29) is 27.5 Å². The predicted octanol–water partition coefficient (Wildman–Crippen LogP) is 4.28. The standard InChI is InChI=1S/C29H20N2O8S/c1-17-6-13-21(14-7-17)40(37,38)39-25-15-10-18-4-2-3-5-22(18)23(25)16-24-26(32)30-29(36)31(27(24)33)20-11-8-19(9-12-20)28(34)35/h2-16H,1H3,(H,34,35)(H,30,32,36)/b24-16+. The van der Waals surface area contributed by atoms with Crippen molar-refractivity contribution < 1.29 is 36.9 Å². The molecule has 1 heterocycles. The van der Waals surface area contributed by atoms with Crippen molar-refractivity contribution >= 4 is 56.5 Å². The molecule has 0 saturated carbocycles. The summed E-state index contributed by atoms with van der Waals surface area (Å²) in [5, 5.41) is 12.4. The molecule has 0 spiro atoms. The molecule has 1 saturated heterocycles. The largest absolute Gasteiger partial charge is 0.478 e. The third kappa shape index (κ3) is 4.93. The van der Waals surface area contributed by atoms with Crippen LogP contribution < -0.4 is 14.4 Å². The first-order valence-electron chi connectivity index (χ1n) is 11.8. The van der Waals surface area contributed by atoms with Gasteiger partial charge in [-0.15, -0.1) is 0 Å². The zero-order valence-corrected chi connectivity index (χ0v) is 21.6. The number of benzene rings is 4. The predicted molar refractivity (Wildman–Crippen MR) is 145 cm³/mol. The lowest BCUT2D eigenvalue weighted by atomic mass is 9.99. The fourth-order valence-electron chi connectivity index (χ4n) is 4.16. The SMILES string of the molecule is Cc1ccc(S(=O)(=O)Oc2ccc3ccccc3c2/C=C2\C(=O)NC(=O)N(c3ccc(C(=O)O)cc3)C2=O)cc1. The Bertz CT molecular complexity index is 1840. The number of rotatable bonds is 6. The normalized spacial score (nSPS) is 14.9. The number of barbiturate groups is 1. The number of nitrogens with one attached hydrogen (secondary N) is 1. The van der Waals surface area contributed by atoms with Gasteiger partial charge in [0.25, 0.3) is 11.8 Å². The average molecular weight is 557 g/mol. The Morgan fingerprint density at radius 1 is 0.900 bits per heavy atom. The van der Waals surface area contributed by atoms with Gasteiger partial charge in [0.15, 0.2) is 5.75 Å². The molecule has 4 aromatic rings. The number of hydrogen-bond donors (Lipinski definition) is 2. The Hall–Kier alpha value is -5.29. The van der Waals surface area contributed by atoms with Crippen molar-refractivity contribution in [1.29, 1.82) is 0 Å². The van der Waals surface area contributed by atoms with E-state index in [1.807, 2.05) is 6.92 Å². The van der Waals surface area contributed by atoms with Crippen molar-refractivity contribution in [2.75, 3.05) is 4.90 Å². The molecule has 1 aliphatic rings. The second-order valence-electron chi connectivity index (χ2n) is 8.86. The van der Waals surface area contributed by atoms with Gasteiger partial charge in [-0.25, -0.2) is 14.5 Å². The van der Waals surface area contributed by atoms with Gasteiger partial charge in [0.2, 0.25) is 0 Å². The number of carbonyl (C=O) groups excluding carboxylic acids is 3. The summed E-state index contributed by atoms with van der Waals surface area (Å²) in [6.45, 7) is 1.81. The number of aromatic carboxylic acids is 1. The Morgan fingerprint density at radius 2 is 1.57 bits per heavy atom. The zero-order valence-electron chi connectivity index (χ0n) is 20.8. The van der Waals surface area contributed by atoms with Gasteiger partial charge < -0.3 is 9.29 Å². The first kappa shape index (κ1) is 26.3. The summed E-state index contributed by atoms with van der Waals surface area (Å²) in [4.78, 5) is 50.7. The highest BCUT2D eigenvalue weighted by Crippen LogP contribution is 2.33. The third-order valence-corrected chi connectivity index (χ3v) is 7.45. The highest BCUT2D eigenvalue weighted by Gasteiger charge is 2.37. The van der Waals surface area contributed by atoms with Crippen molar-refractivity contribution in [3.63, 3.8) is 0 Å². The van der Waals surface area contributed by atoms with Crippen LogP contribution in [0.15, 0.2) is 95.4 Å². The van der Waals surface area contributed by atoms with Crippen LogP contribution in [0.3, 0.4) is 0 Å². The minimum absolute atomic E-state index is 0.0299. The molecule has 4 aromatic carbocycles. The van der Waals surface area contributed by atoms with E-state index in [0.717, 1.165) is 5.56 Å². The first-order chi connectivity index (χ1) is 19.0. The monoisotopic (exact) mass is 556 g/mol. The van der Waals surface area contributed by atoms with Crippen LogP contribution >= 0.6 is 0 Å². The van der Waals surface area contributed by atoms with E-state index in [9.17, 15) is 27.6 Å². The number of aryl methyl sites for hydroxylation is 1. The third-order valence-electron chi connectivity index (χ3n) is 6.20. The number of hydrogen-bond acceptors (Lipinski definition) is 7. The van der Waals surface area contributed by atoms with Gasteiger partial charge in [0.1, 0.15) is 10.5 Å². The summed E-state index contributed by atoms with van der Waals surface area (Å²) in [5.74, 6) is -3.31. The molecule has 5 rings (SSSR count). The van der Waals surface area contributed by atoms with Crippen molar-refractivity contribution in [2.24, 2.45) is 0 Å². The van der Waals surface area contributed by atoms with Gasteiger partial charge in [-0.2, -0.15) is 8.42 Å². The summed E-state index contributed by atoms with van der Waals surface area (Å²) in [5.41, 5.74) is 0.488. The molecule has 200 valence electrons. The smallest absolute Gasteiger partial charge is 0.339 e. The van der Waals surface area contributed by atoms with Crippen molar-refractivity contribution in [3.05, 3.63) is 107 Å². The molecule has 0 aliphatic carbocycles. The number of carbonyl (C=O) groups is 4. The van der Waals surface area contributed by atoms with Crippen LogP contribution in [0.25, 0.3) is 16.8 Å². The lowest BCUT2D eigenvalue weighted by Crippen LogP contribution is -2.54. The van der Waals surface area contributed by atoms with Crippen molar-refractivity contribution in [1.82, 2.24) is 5.32 Å². The van der Waals surface area contributed by atoms with Gasteiger partial charge in [0.05, 0.1) is 11.3 Å².